The lowest BCUT2D eigenvalue weighted by atomic mass is 9.77. The summed E-state index contributed by atoms with van der Waals surface area (Å²) < 4.78 is 23.0. The van der Waals surface area contributed by atoms with Gasteiger partial charge < -0.3 is 24.1 Å². The molecule has 0 spiro atoms. The molecule has 0 unspecified atom stereocenters. The Balaban J connectivity index is 2.22. The average molecular weight is 422 g/mol. The highest BCUT2D eigenvalue weighted by molar-refractivity contribution is 6.63. The van der Waals surface area contributed by atoms with Gasteiger partial charge in [0.1, 0.15) is 12.2 Å². The number of alkyl carbamates (subject to hydrolysis) is 1. The van der Waals surface area contributed by atoms with E-state index in [4.69, 9.17) is 18.8 Å². The van der Waals surface area contributed by atoms with E-state index in [9.17, 15) is 14.9 Å². The first-order valence-corrected chi connectivity index (χ1v) is 9.87. The van der Waals surface area contributed by atoms with E-state index >= 15 is 0 Å². The zero-order valence-electron chi connectivity index (χ0n) is 19.0. The van der Waals surface area contributed by atoms with Crippen LogP contribution in [0, 0.1) is 17.0 Å². The summed E-state index contributed by atoms with van der Waals surface area (Å²) in [6.07, 6.45) is -0.587. The van der Waals surface area contributed by atoms with Crippen molar-refractivity contribution in [2.24, 2.45) is 0 Å². The van der Waals surface area contributed by atoms with Crippen molar-refractivity contribution in [1.29, 1.82) is 0 Å². The van der Waals surface area contributed by atoms with E-state index < -0.39 is 34.9 Å². The van der Waals surface area contributed by atoms with Crippen LogP contribution in [0.2, 0.25) is 0 Å². The van der Waals surface area contributed by atoms with Crippen LogP contribution in [0.1, 0.15) is 54.0 Å². The van der Waals surface area contributed by atoms with Gasteiger partial charge in [0.05, 0.1) is 22.7 Å². The molecule has 2 rings (SSSR count). The Bertz CT molecular complexity index is 802. The zero-order valence-corrected chi connectivity index (χ0v) is 19.0. The van der Waals surface area contributed by atoms with Gasteiger partial charge in [-0.2, -0.15) is 0 Å². The Hall–Kier alpha value is -2.33. The molecule has 0 atom stereocenters. The average Bonchev–Trinajstić information content (AvgIpc) is 2.78. The largest absolute Gasteiger partial charge is 0.498 e. The number of hydrogen-bond donors (Lipinski definition) is 1. The smallest absolute Gasteiger partial charge is 0.485 e. The maximum atomic E-state index is 11.8. The monoisotopic (exact) mass is 422 g/mol. The van der Waals surface area contributed by atoms with E-state index in [1.807, 2.05) is 27.7 Å². The molecule has 30 heavy (non-hydrogen) atoms. The van der Waals surface area contributed by atoms with Gasteiger partial charge in [-0.3, -0.25) is 10.1 Å². The number of carbonyl (C=O) groups excluding carboxylic acids is 1. The van der Waals surface area contributed by atoms with Gasteiger partial charge in [0.15, 0.2) is 5.75 Å². The summed E-state index contributed by atoms with van der Waals surface area (Å²) in [5.74, 6) is 0.0649. The zero-order chi connectivity index (χ0) is 22.9. The fourth-order valence-electron chi connectivity index (χ4n) is 2.84. The van der Waals surface area contributed by atoms with Crippen LogP contribution >= 0.6 is 0 Å². The predicted molar refractivity (Wildman–Crippen MR) is 113 cm³/mol. The molecule has 1 fully saturated rings. The van der Waals surface area contributed by atoms with Gasteiger partial charge in [-0.05, 0) is 61.0 Å². The van der Waals surface area contributed by atoms with Crippen molar-refractivity contribution in [3.8, 4) is 5.75 Å². The molecule has 1 saturated heterocycles. The molecule has 1 N–H and O–H groups in total. The Morgan fingerprint density at radius 1 is 1.20 bits per heavy atom. The fourth-order valence-corrected chi connectivity index (χ4v) is 2.84. The summed E-state index contributed by atoms with van der Waals surface area (Å²) >= 11 is 0. The minimum Gasteiger partial charge on any atom is -0.485 e. The van der Waals surface area contributed by atoms with Crippen molar-refractivity contribution in [3.05, 3.63) is 27.8 Å². The Morgan fingerprint density at radius 2 is 1.77 bits per heavy atom. The number of aryl methyl sites for hydroxylation is 1. The number of nitrogens with zero attached hydrogens (tertiary/aromatic N) is 1. The number of rotatable bonds is 6. The molecule has 1 heterocycles. The normalized spacial score (nSPS) is 17.5. The van der Waals surface area contributed by atoms with Gasteiger partial charge in [0.25, 0.3) is 0 Å². The van der Waals surface area contributed by atoms with E-state index in [0.29, 0.717) is 11.0 Å². The summed E-state index contributed by atoms with van der Waals surface area (Å²) in [5, 5.41) is 14.2. The second-order valence-electron chi connectivity index (χ2n) is 9.32. The number of benzene rings is 1. The number of carbonyl (C=O) groups is 1. The van der Waals surface area contributed by atoms with Crippen molar-refractivity contribution in [2.75, 3.05) is 13.2 Å². The molecule has 1 aliphatic rings. The van der Waals surface area contributed by atoms with Crippen LogP contribution in [0.3, 0.4) is 0 Å². The van der Waals surface area contributed by atoms with E-state index in [-0.39, 0.29) is 24.6 Å². The SMILES string of the molecule is Cc1cc(B2OC(C)(C)C(C)(C)O2)c(OCCNC(=O)OC(C)(C)C)c([N+](=O)[O-])c1. The third-order valence-corrected chi connectivity index (χ3v) is 4.96. The highest BCUT2D eigenvalue weighted by atomic mass is 16.7. The van der Waals surface area contributed by atoms with Gasteiger partial charge >= 0.3 is 18.9 Å². The van der Waals surface area contributed by atoms with Crippen LogP contribution < -0.4 is 15.5 Å². The standard InChI is InChI=1S/C20H31BN2O7/c1-13-11-14(21-29-19(5,6)20(7,8)30-21)16(15(12-13)23(25)26)27-10-9-22-17(24)28-18(2,3)4/h11-12H,9-10H2,1-8H3,(H,22,24). The van der Waals surface area contributed by atoms with Crippen molar-refractivity contribution < 1.29 is 28.5 Å². The number of nitro groups is 1. The van der Waals surface area contributed by atoms with Crippen LogP contribution in [-0.2, 0) is 14.0 Å². The van der Waals surface area contributed by atoms with E-state index in [0.717, 1.165) is 0 Å². The minimum atomic E-state index is -0.817. The predicted octanol–water partition coefficient (Wildman–Crippen LogP) is 3.11. The molecule has 0 aromatic heterocycles. The molecule has 1 aromatic rings. The maximum Gasteiger partial charge on any atom is 0.498 e. The summed E-state index contributed by atoms with van der Waals surface area (Å²) in [5.41, 5.74) is -0.887. The van der Waals surface area contributed by atoms with Crippen molar-refractivity contribution in [2.45, 2.75) is 72.2 Å². The van der Waals surface area contributed by atoms with Gasteiger partial charge in [-0.15, -0.1) is 0 Å². The quantitative estimate of drug-likeness (QED) is 0.325. The Labute approximate surface area is 177 Å². The third kappa shape index (κ3) is 5.63. The third-order valence-electron chi connectivity index (χ3n) is 4.96. The van der Waals surface area contributed by atoms with Gasteiger partial charge in [0, 0.05) is 11.5 Å². The van der Waals surface area contributed by atoms with Crippen molar-refractivity contribution in [1.82, 2.24) is 5.32 Å². The minimum absolute atomic E-state index is 0.00957. The van der Waals surface area contributed by atoms with Crippen LogP contribution in [0.5, 0.6) is 5.75 Å². The molecule has 1 aromatic carbocycles. The summed E-state index contributed by atoms with van der Waals surface area (Å²) in [4.78, 5) is 22.9. The molecule has 0 saturated carbocycles. The number of amides is 1. The van der Waals surface area contributed by atoms with Crippen LogP contribution in [-0.4, -0.2) is 48.1 Å². The number of nitrogens with one attached hydrogen (secondary N) is 1. The second kappa shape index (κ2) is 8.43. The van der Waals surface area contributed by atoms with E-state index in [1.54, 1.807) is 33.8 Å². The van der Waals surface area contributed by atoms with E-state index in [1.165, 1.54) is 6.07 Å². The van der Waals surface area contributed by atoms with Crippen molar-refractivity contribution in [3.63, 3.8) is 0 Å². The molecule has 166 valence electrons. The molecule has 0 bridgehead atoms. The fraction of sp³-hybridized carbons (Fsp3) is 0.650. The highest BCUT2D eigenvalue weighted by Gasteiger charge is 2.53. The van der Waals surface area contributed by atoms with Crippen LogP contribution in [0.25, 0.3) is 0 Å². The number of ether oxygens (including phenoxy) is 2. The second-order valence-corrected chi connectivity index (χ2v) is 9.32. The lowest BCUT2D eigenvalue weighted by Gasteiger charge is -2.32. The summed E-state index contributed by atoms with van der Waals surface area (Å²) in [6.45, 7) is 14.8. The number of hydrogen-bond acceptors (Lipinski definition) is 7. The van der Waals surface area contributed by atoms with Gasteiger partial charge in [-0.25, -0.2) is 4.79 Å². The number of nitro benzene ring substituents is 1. The summed E-state index contributed by atoms with van der Waals surface area (Å²) in [6, 6.07) is 3.19. The maximum absolute atomic E-state index is 11.8. The molecule has 1 aliphatic heterocycles. The molecule has 10 heteroatoms. The van der Waals surface area contributed by atoms with Gasteiger partial charge in [0.2, 0.25) is 0 Å². The molecule has 9 nitrogen and oxygen atoms in total. The Kier molecular flexibility index (Phi) is 6.73. The topological polar surface area (TPSA) is 109 Å². The lowest BCUT2D eigenvalue weighted by molar-refractivity contribution is -0.385. The van der Waals surface area contributed by atoms with Crippen LogP contribution in [0.4, 0.5) is 10.5 Å². The molecular weight excluding hydrogens is 391 g/mol. The highest BCUT2D eigenvalue weighted by Crippen LogP contribution is 2.38. The molecule has 0 radical (unpaired) electrons. The first-order valence-electron chi connectivity index (χ1n) is 9.87. The Morgan fingerprint density at radius 3 is 2.27 bits per heavy atom. The first kappa shape index (κ1) is 23.9. The molecule has 1 amide bonds. The van der Waals surface area contributed by atoms with E-state index in [2.05, 4.69) is 5.32 Å². The lowest BCUT2D eigenvalue weighted by Crippen LogP contribution is -2.41. The molecular formula is C20H31BN2O7. The summed E-state index contributed by atoms with van der Waals surface area (Å²) in [7, 11) is -0.817. The van der Waals surface area contributed by atoms with Crippen molar-refractivity contribution >= 4 is 24.4 Å². The first-order chi connectivity index (χ1) is 13.6. The molecule has 0 aliphatic carbocycles. The van der Waals surface area contributed by atoms with Gasteiger partial charge in [-0.1, -0.05) is 6.07 Å². The van der Waals surface area contributed by atoms with Crippen LogP contribution in [0.15, 0.2) is 12.1 Å².